The normalized spacial score (nSPS) is 24.5. The highest BCUT2D eigenvalue weighted by molar-refractivity contribution is 8.14. The van der Waals surface area contributed by atoms with Crippen molar-refractivity contribution in [1.29, 1.82) is 0 Å². The Morgan fingerprint density at radius 3 is 1.38 bits per heavy atom. The second-order valence-electron chi connectivity index (χ2n) is 16.2. The second kappa shape index (κ2) is 18.0. The minimum atomic E-state index is -4.88. The lowest BCUT2D eigenvalue weighted by Crippen LogP contribution is -2.49. The molecule has 4 atom stereocenters. The Bertz CT molecular complexity index is 1820. The number of hydrogen-bond donors (Lipinski definition) is 4. The maximum absolute atomic E-state index is 13.0. The lowest BCUT2D eigenvalue weighted by atomic mass is 9.76. The van der Waals surface area contributed by atoms with Crippen LogP contribution in [-0.4, -0.2) is 84.4 Å². The molecule has 60 heavy (non-hydrogen) atoms. The molecule has 0 bridgehead atoms. The van der Waals surface area contributed by atoms with E-state index >= 15 is 0 Å². The zero-order chi connectivity index (χ0) is 44.3. The molecule has 332 valence electrons. The van der Waals surface area contributed by atoms with Crippen molar-refractivity contribution >= 4 is 57.4 Å². The number of alkyl halides is 6. The second-order valence-corrected chi connectivity index (χ2v) is 18.3. The Labute approximate surface area is 351 Å². The molecule has 4 heterocycles. The highest BCUT2D eigenvalue weighted by atomic mass is 32.2. The minimum absolute atomic E-state index is 0.0371. The molecule has 2 fully saturated rings. The summed E-state index contributed by atoms with van der Waals surface area (Å²) >= 11 is 2.62. The average Bonchev–Trinajstić information content (AvgIpc) is 3.10. The molecular formula is C38H48F6N6O8S2. The number of anilines is 2. The lowest BCUT2D eigenvalue weighted by molar-refractivity contribution is -0.276. The van der Waals surface area contributed by atoms with Crippen LogP contribution in [0.5, 0.6) is 11.5 Å². The maximum atomic E-state index is 13.0. The highest BCUT2D eigenvalue weighted by Gasteiger charge is 2.50. The largest absolute Gasteiger partial charge is 0.573 e. The van der Waals surface area contributed by atoms with E-state index in [1.807, 2.05) is 0 Å². The summed E-state index contributed by atoms with van der Waals surface area (Å²) in [4.78, 5) is 33.7. The maximum Gasteiger partial charge on any atom is 0.573 e. The van der Waals surface area contributed by atoms with Crippen LogP contribution in [0.2, 0.25) is 0 Å². The summed E-state index contributed by atoms with van der Waals surface area (Å²) in [5.74, 6) is 0.0193. The molecule has 0 radical (unpaired) electrons. The van der Waals surface area contributed by atoms with E-state index < -0.39 is 47.2 Å². The Morgan fingerprint density at radius 1 is 0.683 bits per heavy atom. The summed E-state index contributed by atoms with van der Waals surface area (Å²) in [6, 6.07) is 7.87. The van der Waals surface area contributed by atoms with Crippen LogP contribution in [0.3, 0.4) is 0 Å². The first-order valence-corrected chi connectivity index (χ1v) is 20.7. The zero-order valence-electron chi connectivity index (χ0n) is 33.7. The number of halogens is 6. The standard InChI is InChI=1S/2C19H24F3N3O4S/c2*1-17(2,3)29-16(26)24-15-25-18(10-27-7-6-11(18)9-30-15)13-8-12(23)4-5-14(13)28-19(20,21)22/h2*4-5,8,11H,6-7,9-10,23H2,1-3H3,(H,24,25,26)/t2*11-,18-/m00/s1. The first-order valence-electron chi connectivity index (χ1n) is 18.7. The number of amidine groups is 2. The molecule has 0 saturated carbocycles. The van der Waals surface area contributed by atoms with E-state index in [0.29, 0.717) is 37.6 Å². The Kier molecular flexibility index (Phi) is 14.0. The fourth-order valence-electron chi connectivity index (χ4n) is 6.92. The van der Waals surface area contributed by atoms with Crippen LogP contribution in [0.25, 0.3) is 0 Å². The van der Waals surface area contributed by atoms with Crippen molar-refractivity contribution in [2.75, 3.05) is 49.4 Å². The smallest absolute Gasteiger partial charge is 0.444 e. The number of amides is 2. The van der Waals surface area contributed by atoms with Gasteiger partial charge in [-0.25, -0.2) is 19.6 Å². The summed E-state index contributed by atoms with van der Waals surface area (Å²) in [5.41, 5.74) is 8.88. The van der Waals surface area contributed by atoms with Crippen molar-refractivity contribution < 1.29 is 64.4 Å². The van der Waals surface area contributed by atoms with E-state index in [-0.39, 0.29) is 69.4 Å². The van der Waals surface area contributed by atoms with Crippen LogP contribution in [0.4, 0.5) is 47.3 Å². The molecule has 2 aromatic rings. The van der Waals surface area contributed by atoms with Gasteiger partial charge in [0.25, 0.3) is 0 Å². The van der Waals surface area contributed by atoms with Gasteiger partial charge < -0.3 is 39.9 Å². The number of nitrogens with zero attached hydrogens (tertiary/aromatic N) is 2. The number of thioether (sulfide) groups is 2. The van der Waals surface area contributed by atoms with Gasteiger partial charge in [0.15, 0.2) is 10.3 Å². The molecule has 0 aliphatic carbocycles. The third kappa shape index (κ3) is 12.4. The number of benzene rings is 2. The monoisotopic (exact) mass is 894 g/mol. The number of nitrogens with two attached hydrogens (primary N) is 2. The Hall–Kier alpha value is -4.28. The number of fused-ring (bicyclic) bond motifs is 2. The van der Waals surface area contributed by atoms with Crippen LogP contribution in [-0.2, 0) is 30.0 Å². The topological polar surface area (TPSA) is 190 Å². The summed E-state index contributed by atoms with van der Waals surface area (Å²) in [6.45, 7) is 11.4. The van der Waals surface area contributed by atoms with E-state index in [4.69, 9.17) is 30.4 Å². The van der Waals surface area contributed by atoms with Crippen LogP contribution in [0, 0.1) is 11.8 Å². The molecule has 0 unspecified atom stereocenters. The van der Waals surface area contributed by atoms with Crippen molar-refractivity contribution in [3.8, 4) is 11.5 Å². The predicted molar refractivity (Wildman–Crippen MR) is 215 cm³/mol. The first kappa shape index (κ1) is 46.8. The zero-order valence-corrected chi connectivity index (χ0v) is 35.3. The summed E-state index contributed by atoms with van der Waals surface area (Å²) in [6.07, 6.45) is -9.96. The molecular weight excluding hydrogens is 847 g/mol. The molecule has 6 rings (SSSR count). The van der Waals surface area contributed by atoms with Gasteiger partial charge in [-0.1, -0.05) is 23.5 Å². The minimum Gasteiger partial charge on any atom is -0.444 e. The van der Waals surface area contributed by atoms with Gasteiger partial charge >= 0.3 is 24.9 Å². The molecule has 0 spiro atoms. The fraction of sp³-hybridized carbons (Fsp3) is 0.579. The number of carbonyl (C=O) groups is 2. The van der Waals surface area contributed by atoms with Crippen molar-refractivity contribution in [2.24, 2.45) is 21.8 Å². The molecule has 2 saturated heterocycles. The van der Waals surface area contributed by atoms with Crippen molar-refractivity contribution in [2.45, 2.75) is 89.4 Å². The first-order chi connectivity index (χ1) is 27.8. The highest BCUT2D eigenvalue weighted by Crippen LogP contribution is 2.50. The fourth-order valence-corrected chi connectivity index (χ4v) is 9.29. The van der Waals surface area contributed by atoms with Gasteiger partial charge in [0.05, 0.1) is 13.2 Å². The quantitative estimate of drug-likeness (QED) is 0.171. The van der Waals surface area contributed by atoms with Gasteiger partial charge in [-0.2, -0.15) is 0 Å². The van der Waals surface area contributed by atoms with Gasteiger partial charge in [-0.15, -0.1) is 26.3 Å². The average molecular weight is 895 g/mol. The Balaban J connectivity index is 0.000000228. The summed E-state index contributed by atoms with van der Waals surface area (Å²) in [5, 5.41) is 5.66. The number of aliphatic imine (C=N–C) groups is 2. The molecule has 2 aromatic carbocycles. The van der Waals surface area contributed by atoms with Crippen molar-refractivity contribution in [1.82, 2.24) is 10.6 Å². The van der Waals surface area contributed by atoms with E-state index in [1.165, 1.54) is 59.9 Å². The molecule has 4 aliphatic heterocycles. The van der Waals surface area contributed by atoms with Crippen LogP contribution in [0.15, 0.2) is 46.4 Å². The van der Waals surface area contributed by atoms with Crippen molar-refractivity contribution in [3.05, 3.63) is 47.5 Å². The Morgan fingerprint density at radius 2 is 1.05 bits per heavy atom. The van der Waals surface area contributed by atoms with Gasteiger partial charge in [-0.05, 0) is 90.8 Å². The number of nitrogen functional groups attached to an aromatic ring is 2. The number of hydrogen-bond acceptors (Lipinski definition) is 14. The van der Waals surface area contributed by atoms with E-state index in [1.54, 1.807) is 41.5 Å². The van der Waals surface area contributed by atoms with E-state index in [0.717, 1.165) is 0 Å². The van der Waals surface area contributed by atoms with Crippen LogP contribution < -0.4 is 31.6 Å². The van der Waals surface area contributed by atoms with Gasteiger partial charge in [0.1, 0.15) is 33.8 Å². The van der Waals surface area contributed by atoms with Gasteiger partial charge in [-0.3, -0.25) is 10.6 Å². The molecule has 2 amide bonds. The van der Waals surface area contributed by atoms with Crippen molar-refractivity contribution in [3.63, 3.8) is 0 Å². The molecule has 4 aliphatic rings. The third-order valence-electron chi connectivity index (χ3n) is 9.27. The number of alkyl carbamates (subject to hydrolysis) is 2. The van der Waals surface area contributed by atoms with E-state index in [9.17, 15) is 35.9 Å². The van der Waals surface area contributed by atoms with Crippen LogP contribution in [0.1, 0.15) is 65.5 Å². The number of rotatable bonds is 4. The van der Waals surface area contributed by atoms with Gasteiger partial charge in [0, 0.05) is 59.1 Å². The van der Waals surface area contributed by atoms with Crippen LogP contribution >= 0.6 is 23.5 Å². The lowest BCUT2D eigenvalue weighted by Gasteiger charge is -2.44. The predicted octanol–water partition coefficient (Wildman–Crippen LogP) is 8.05. The molecule has 6 N–H and O–H groups in total. The SMILES string of the molecule is CC(C)(C)OC(=O)NC1=N[C@@]2(c3cc(N)ccc3OC(F)(F)F)COCC[C@H]2CS1.CC(C)(C)OC(=O)NC1=N[C@@]2(c3cc(N)ccc3OC(F)(F)F)COCC[C@H]2CS1. The number of nitrogens with one attached hydrogen (secondary N) is 2. The van der Waals surface area contributed by atoms with Gasteiger partial charge in [0.2, 0.25) is 0 Å². The summed E-state index contributed by atoms with van der Waals surface area (Å²) < 4.78 is 108. The third-order valence-corrected chi connectivity index (χ3v) is 11.3. The molecule has 0 aromatic heterocycles. The molecule has 22 heteroatoms. The number of carbonyl (C=O) groups excluding carboxylic acids is 2. The van der Waals surface area contributed by atoms with E-state index in [2.05, 4.69) is 30.1 Å². The molecule has 14 nitrogen and oxygen atoms in total. The number of ether oxygens (including phenoxy) is 6. The summed E-state index contributed by atoms with van der Waals surface area (Å²) in [7, 11) is 0.